The minimum absolute atomic E-state index is 0.0375. The number of carbonyl (C=O) groups excluding carboxylic acids is 1. The van der Waals surface area contributed by atoms with E-state index in [0.717, 1.165) is 17.0 Å². The number of rotatable bonds is 4. The van der Waals surface area contributed by atoms with E-state index in [9.17, 15) is 14.7 Å². The lowest BCUT2D eigenvalue weighted by Gasteiger charge is -2.31. The van der Waals surface area contributed by atoms with Crippen molar-refractivity contribution in [2.75, 3.05) is 0 Å². The zero-order chi connectivity index (χ0) is 15.0. The van der Waals surface area contributed by atoms with E-state index in [1.54, 1.807) is 6.33 Å². The first-order chi connectivity index (χ1) is 10.0. The Kier molecular flexibility index (Phi) is 3.60. The van der Waals surface area contributed by atoms with Gasteiger partial charge in [-0.05, 0) is 23.9 Å². The summed E-state index contributed by atoms with van der Waals surface area (Å²) >= 11 is 1.40. The second-order valence-corrected chi connectivity index (χ2v) is 6.08. The van der Waals surface area contributed by atoms with Gasteiger partial charge in [0.25, 0.3) is 0 Å². The number of fused-ring (bicyclic) bond motifs is 1. The zero-order valence-corrected chi connectivity index (χ0v) is 12.3. The van der Waals surface area contributed by atoms with Gasteiger partial charge in [0.1, 0.15) is 6.04 Å². The molecule has 0 spiro atoms. The summed E-state index contributed by atoms with van der Waals surface area (Å²) in [5.41, 5.74) is 2.77. The summed E-state index contributed by atoms with van der Waals surface area (Å²) in [7, 11) is 0. The van der Waals surface area contributed by atoms with Gasteiger partial charge < -0.3 is 10.1 Å². The number of imidazole rings is 1. The molecule has 3 rings (SSSR count). The molecule has 1 aliphatic heterocycles. The van der Waals surface area contributed by atoms with Gasteiger partial charge in [-0.3, -0.25) is 14.5 Å². The first-order valence-corrected chi connectivity index (χ1v) is 7.49. The van der Waals surface area contributed by atoms with Gasteiger partial charge in [-0.25, -0.2) is 4.98 Å². The minimum Gasteiger partial charge on any atom is -0.480 e. The van der Waals surface area contributed by atoms with E-state index >= 15 is 0 Å². The van der Waals surface area contributed by atoms with Crippen molar-refractivity contribution < 1.29 is 14.7 Å². The Morgan fingerprint density at radius 2 is 2.38 bits per heavy atom. The number of nitrogens with one attached hydrogen (secondary N) is 1. The number of thiophene rings is 1. The molecule has 21 heavy (non-hydrogen) atoms. The fourth-order valence-electron chi connectivity index (χ4n) is 2.57. The number of aromatic amines is 1. The predicted molar refractivity (Wildman–Crippen MR) is 77.3 cm³/mol. The topological polar surface area (TPSA) is 86.3 Å². The van der Waals surface area contributed by atoms with Crippen LogP contribution in [0.25, 0.3) is 0 Å². The highest BCUT2D eigenvalue weighted by Gasteiger charge is 2.32. The van der Waals surface area contributed by atoms with Crippen LogP contribution in [-0.2, 0) is 24.3 Å². The maximum absolute atomic E-state index is 11.5. The third kappa shape index (κ3) is 2.74. The lowest BCUT2D eigenvalue weighted by atomic mass is 10.0. The number of Topliss-reactive ketones (excluding diaryl/α,β-unsaturated/α-hetero) is 1. The Balaban J connectivity index is 1.82. The molecule has 3 heterocycles. The van der Waals surface area contributed by atoms with Crippen molar-refractivity contribution in [3.05, 3.63) is 39.6 Å². The molecule has 0 amide bonds. The summed E-state index contributed by atoms with van der Waals surface area (Å²) in [5.74, 6) is -0.804. The molecule has 2 aromatic heterocycles. The number of hydrogen-bond donors (Lipinski definition) is 2. The number of carboxylic acid groups (broad SMARTS) is 1. The van der Waals surface area contributed by atoms with E-state index in [0.29, 0.717) is 24.4 Å². The van der Waals surface area contributed by atoms with Crippen LogP contribution in [0, 0.1) is 0 Å². The quantitative estimate of drug-likeness (QED) is 0.839. The molecule has 0 bridgehead atoms. The first-order valence-electron chi connectivity index (χ1n) is 6.61. The van der Waals surface area contributed by atoms with E-state index in [4.69, 9.17) is 0 Å². The van der Waals surface area contributed by atoms with Crippen LogP contribution in [0.4, 0.5) is 0 Å². The molecule has 0 aromatic carbocycles. The Hall–Kier alpha value is -1.99. The van der Waals surface area contributed by atoms with E-state index in [1.165, 1.54) is 18.3 Å². The molecule has 2 aromatic rings. The van der Waals surface area contributed by atoms with E-state index in [-0.39, 0.29) is 5.78 Å². The molecule has 0 aliphatic carbocycles. The predicted octanol–water partition coefficient (Wildman–Crippen LogP) is 1.69. The molecule has 0 saturated heterocycles. The molecule has 7 heteroatoms. The summed E-state index contributed by atoms with van der Waals surface area (Å²) < 4.78 is 0. The fraction of sp³-hybridized carbons (Fsp3) is 0.357. The number of H-pyrrole nitrogens is 1. The van der Waals surface area contributed by atoms with E-state index < -0.39 is 12.0 Å². The minimum atomic E-state index is -0.842. The molecule has 0 saturated carbocycles. The van der Waals surface area contributed by atoms with Gasteiger partial charge >= 0.3 is 5.97 Å². The van der Waals surface area contributed by atoms with Crippen LogP contribution >= 0.6 is 11.3 Å². The maximum atomic E-state index is 11.5. The second kappa shape index (κ2) is 5.42. The molecule has 0 radical (unpaired) electrons. The highest BCUT2D eigenvalue weighted by Crippen LogP contribution is 2.24. The Morgan fingerprint density at radius 3 is 3.05 bits per heavy atom. The van der Waals surface area contributed by atoms with Gasteiger partial charge in [0.05, 0.1) is 22.6 Å². The zero-order valence-electron chi connectivity index (χ0n) is 11.5. The maximum Gasteiger partial charge on any atom is 0.321 e. The Labute approximate surface area is 125 Å². The van der Waals surface area contributed by atoms with Crippen molar-refractivity contribution in [3.8, 4) is 0 Å². The van der Waals surface area contributed by atoms with Crippen LogP contribution in [0.2, 0.25) is 0 Å². The molecule has 0 fully saturated rings. The van der Waals surface area contributed by atoms with Crippen LogP contribution in [-0.4, -0.2) is 37.8 Å². The summed E-state index contributed by atoms with van der Waals surface area (Å²) in [6.07, 6.45) is 2.00. The molecule has 1 aliphatic rings. The van der Waals surface area contributed by atoms with Crippen LogP contribution < -0.4 is 0 Å². The third-order valence-corrected chi connectivity index (χ3v) is 4.75. The Morgan fingerprint density at radius 1 is 1.57 bits per heavy atom. The Bertz CT molecular complexity index is 691. The number of aromatic nitrogens is 2. The van der Waals surface area contributed by atoms with Crippen molar-refractivity contribution in [2.45, 2.75) is 32.5 Å². The normalized spacial score (nSPS) is 18.4. The fourth-order valence-corrected chi connectivity index (χ4v) is 3.38. The van der Waals surface area contributed by atoms with Gasteiger partial charge in [0, 0.05) is 19.5 Å². The molecule has 110 valence electrons. The van der Waals surface area contributed by atoms with Crippen molar-refractivity contribution in [3.63, 3.8) is 0 Å². The van der Waals surface area contributed by atoms with Crippen molar-refractivity contribution in [1.29, 1.82) is 0 Å². The largest absolute Gasteiger partial charge is 0.480 e. The standard InChI is InChI=1S/C14H15N3O3S/c1-8(18)13-2-9(6-21-13)4-17-5-11-10(15-7-16-11)3-12(17)14(19)20/h2,6-7,12H,3-5H2,1H3,(H,15,16)(H,19,20). The van der Waals surface area contributed by atoms with Gasteiger partial charge in [0.15, 0.2) is 5.78 Å². The van der Waals surface area contributed by atoms with Gasteiger partial charge in [-0.2, -0.15) is 0 Å². The average molecular weight is 305 g/mol. The third-order valence-electron chi connectivity index (χ3n) is 3.67. The average Bonchev–Trinajstić information content (AvgIpc) is 3.05. The number of ketones is 1. The van der Waals surface area contributed by atoms with Crippen molar-refractivity contribution in [2.24, 2.45) is 0 Å². The van der Waals surface area contributed by atoms with Crippen LogP contribution in [0.5, 0.6) is 0 Å². The summed E-state index contributed by atoms with van der Waals surface area (Å²) in [5, 5.41) is 11.3. The molecule has 2 N–H and O–H groups in total. The van der Waals surface area contributed by atoms with Crippen LogP contribution in [0.15, 0.2) is 17.8 Å². The van der Waals surface area contributed by atoms with Crippen molar-refractivity contribution >= 4 is 23.1 Å². The van der Waals surface area contributed by atoms with Crippen molar-refractivity contribution in [1.82, 2.24) is 14.9 Å². The number of nitrogens with zero attached hydrogens (tertiary/aromatic N) is 2. The lowest BCUT2D eigenvalue weighted by Crippen LogP contribution is -2.45. The monoisotopic (exact) mass is 305 g/mol. The smallest absolute Gasteiger partial charge is 0.321 e. The summed E-state index contributed by atoms with van der Waals surface area (Å²) in [6.45, 7) is 2.57. The molecular weight excluding hydrogens is 290 g/mol. The number of aliphatic carboxylic acids is 1. The second-order valence-electron chi connectivity index (χ2n) is 5.17. The first kappa shape index (κ1) is 14.0. The van der Waals surface area contributed by atoms with Crippen LogP contribution in [0.1, 0.15) is 33.5 Å². The molecule has 1 atom stereocenters. The van der Waals surface area contributed by atoms with Crippen LogP contribution in [0.3, 0.4) is 0 Å². The summed E-state index contributed by atoms with van der Waals surface area (Å²) in [4.78, 5) is 32.6. The lowest BCUT2D eigenvalue weighted by molar-refractivity contribution is -0.144. The van der Waals surface area contributed by atoms with E-state index in [2.05, 4.69) is 9.97 Å². The molecule has 1 unspecified atom stereocenters. The van der Waals surface area contributed by atoms with Gasteiger partial charge in [-0.15, -0.1) is 11.3 Å². The number of hydrogen-bond acceptors (Lipinski definition) is 5. The SMILES string of the molecule is CC(=O)c1cc(CN2Cc3[nH]cnc3CC2C(=O)O)cs1. The molecule has 6 nitrogen and oxygen atoms in total. The highest BCUT2D eigenvalue weighted by atomic mass is 32.1. The number of carbonyl (C=O) groups is 2. The summed E-state index contributed by atoms with van der Waals surface area (Å²) in [6, 6.07) is 1.26. The van der Waals surface area contributed by atoms with Gasteiger partial charge in [0.2, 0.25) is 0 Å². The highest BCUT2D eigenvalue weighted by molar-refractivity contribution is 7.12. The van der Waals surface area contributed by atoms with E-state index in [1.807, 2.05) is 16.3 Å². The number of carboxylic acids is 1. The molecular formula is C14H15N3O3S. The van der Waals surface area contributed by atoms with Gasteiger partial charge in [-0.1, -0.05) is 0 Å².